The van der Waals surface area contributed by atoms with Crippen molar-refractivity contribution in [3.8, 4) is 5.69 Å². The molecule has 152 valence electrons. The number of benzene rings is 1. The number of hydrogen-bond donors (Lipinski definition) is 1. The zero-order chi connectivity index (χ0) is 20.9. The molecule has 0 fully saturated rings. The fourth-order valence-electron chi connectivity index (χ4n) is 2.44. The third-order valence-electron chi connectivity index (χ3n) is 3.91. The minimum Gasteiger partial charge on any atom is -0.385 e. The second-order valence-corrected chi connectivity index (χ2v) is 7.98. The lowest BCUT2D eigenvalue weighted by Gasteiger charge is -2.11. The minimum absolute atomic E-state index is 0.0472. The van der Waals surface area contributed by atoms with Gasteiger partial charge in [0.1, 0.15) is 0 Å². The molecule has 2 rings (SSSR count). The van der Waals surface area contributed by atoms with Gasteiger partial charge in [-0.15, -0.1) is 0 Å². The molecule has 1 N–H and O–H groups in total. The summed E-state index contributed by atoms with van der Waals surface area (Å²) in [4.78, 5) is 37.4. The molecule has 11 heteroatoms. The van der Waals surface area contributed by atoms with Crippen molar-refractivity contribution in [2.75, 3.05) is 26.5 Å². The molecule has 0 aliphatic carbocycles. The fourth-order valence-corrected chi connectivity index (χ4v) is 3.07. The van der Waals surface area contributed by atoms with Crippen molar-refractivity contribution in [2.24, 2.45) is 0 Å². The maximum Gasteiger partial charge on any atom is 0.352 e. The second kappa shape index (κ2) is 8.93. The molecular weight excluding hydrogens is 388 g/mol. The molecule has 1 aromatic heterocycles. The van der Waals surface area contributed by atoms with Crippen LogP contribution in [0.25, 0.3) is 5.69 Å². The first-order valence-electron chi connectivity index (χ1n) is 8.52. The van der Waals surface area contributed by atoms with Crippen molar-refractivity contribution in [1.29, 1.82) is 0 Å². The number of amides is 1. The van der Waals surface area contributed by atoms with E-state index in [1.807, 2.05) is 0 Å². The van der Waals surface area contributed by atoms with Gasteiger partial charge in [-0.3, -0.25) is 14.2 Å². The van der Waals surface area contributed by atoms with Crippen LogP contribution in [0.3, 0.4) is 0 Å². The maximum atomic E-state index is 12.6. The summed E-state index contributed by atoms with van der Waals surface area (Å²) < 4.78 is 29.9. The fraction of sp³-hybridized carbons (Fsp3) is 0.412. The van der Waals surface area contributed by atoms with E-state index in [0.29, 0.717) is 13.0 Å². The van der Waals surface area contributed by atoms with Crippen molar-refractivity contribution in [3.63, 3.8) is 0 Å². The number of carbonyl (C=O) groups excluding carboxylic acids is 1. The predicted octanol–water partition coefficient (Wildman–Crippen LogP) is -0.416. The molecule has 1 amide bonds. The highest BCUT2D eigenvalue weighted by molar-refractivity contribution is 7.90. The van der Waals surface area contributed by atoms with E-state index in [0.717, 1.165) is 15.5 Å². The monoisotopic (exact) mass is 410 g/mol. The third kappa shape index (κ3) is 4.73. The quantitative estimate of drug-likeness (QED) is 0.585. The van der Waals surface area contributed by atoms with Crippen molar-refractivity contribution in [3.05, 3.63) is 50.8 Å². The molecule has 1 heterocycles. The number of carbonyl (C=O) groups is 1. The van der Waals surface area contributed by atoms with Crippen LogP contribution in [-0.4, -0.2) is 55.2 Å². The van der Waals surface area contributed by atoms with Gasteiger partial charge in [0.2, 0.25) is 5.69 Å². The van der Waals surface area contributed by atoms with Gasteiger partial charge in [-0.25, -0.2) is 13.2 Å². The highest BCUT2D eigenvalue weighted by Crippen LogP contribution is 2.11. The SMILES string of the molecule is CCn1c(=O)c(C(=O)NCCCOC)nn(-c2ccc(S(C)(=O)=O)cc2)c1=O. The summed E-state index contributed by atoms with van der Waals surface area (Å²) in [6.07, 6.45) is 1.62. The van der Waals surface area contributed by atoms with Crippen LogP contribution in [0, 0.1) is 0 Å². The van der Waals surface area contributed by atoms with Crippen LogP contribution in [-0.2, 0) is 21.1 Å². The Morgan fingerprint density at radius 1 is 1.21 bits per heavy atom. The number of sulfone groups is 1. The molecule has 1 aromatic carbocycles. The van der Waals surface area contributed by atoms with E-state index in [2.05, 4.69) is 10.4 Å². The summed E-state index contributed by atoms with van der Waals surface area (Å²) >= 11 is 0. The summed E-state index contributed by atoms with van der Waals surface area (Å²) in [6, 6.07) is 5.42. The Kier molecular flexibility index (Phi) is 6.86. The van der Waals surface area contributed by atoms with Crippen LogP contribution in [0.15, 0.2) is 38.8 Å². The zero-order valence-electron chi connectivity index (χ0n) is 15.8. The Hall–Kier alpha value is -2.79. The van der Waals surface area contributed by atoms with E-state index in [-0.39, 0.29) is 23.7 Å². The van der Waals surface area contributed by atoms with Gasteiger partial charge in [0.15, 0.2) is 9.84 Å². The summed E-state index contributed by atoms with van der Waals surface area (Å²) in [6.45, 7) is 2.37. The molecule has 0 atom stereocenters. The Labute approximate surface area is 161 Å². The minimum atomic E-state index is -3.41. The topological polar surface area (TPSA) is 129 Å². The molecule has 10 nitrogen and oxygen atoms in total. The number of nitrogens with one attached hydrogen (secondary N) is 1. The molecule has 0 aliphatic heterocycles. The van der Waals surface area contributed by atoms with E-state index >= 15 is 0 Å². The Bertz CT molecular complexity index is 1070. The normalized spacial score (nSPS) is 11.4. The van der Waals surface area contributed by atoms with Crippen LogP contribution in [0.1, 0.15) is 23.8 Å². The third-order valence-corrected chi connectivity index (χ3v) is 5.04. The van der Waals surface area contributed by atoms with Gasteiger partial charge in [0, 0.05) is 33.1 Å². The average Bonchev–Trinajstić information content (AvgIpc) is 2.65. The first kappa shape index (κ1) is 21.5. The van der Waals surface area contributed by atoms with Gasteiger partial charge >= 0.3 is 5.69 Å². The highest BCUT2D eigenvalue weighted by atomic mass is 32.2. The number of hydrogen-bond acceptors (Lipinski definition) is 7. The van der Waals surface area contributed by atoms with Crippen LogP contribution in [0.5, 0.6) is 0 Å². The Balaban J connectivity index is 2.49. The molecule has 0 saturated heterocycles. The molecule has 0 radical (unpaired) electrons. The van der Waals surface area contributed by atoms with E-state index in [1.54, 1.807) is 6.92 Å². The second-order valence-electron chi connectivity index (χ2n) is 5.96. The Morgan fingerprint density at radius 3 is 2.39 bits per heavy atom. The van der Waals surface area contributed by atoms with E-state index < -0.39 is 32.7 Å². The molecule has 0 unspecified atom stereocenters. The highest BCUT2D eigenvalue weighted by Gasteiger charge is 2.19. The molecule has 2 aromatic rings. The van der Waals surface area contributed by atoms with Gasteiger partial charge in [-0.2, -0.15) is 9.78 Å². The van der Waals surface area contributed by atoms with Crippen molar-refractivity contribution in [2.45, 2.75) is 24.8 Å². The molecule has 0 saturated carbocycles. The zero-order valence-corrected chi connectivity index (χ0v) is 16.7. The van der Waals surface area contributed by atoms with Gasteiger partial charge < -0.3 is 10.1 Å². The van der Waals surface area contributed by atoms with Crippen LogP contribution in [0.4, 0.5) is 0 Å². The largest absolute Gasteiger partial charge is 0.385 e. The van der Waals surface area contributed by atoms with Crippen molar-refractivity contribution >= 4 is 15.7 Å². The number of methoxy groups -OCH3 is 1. The molecule has 0 aliphatic rings. The van der Waals surface area contributed by atoms with E-state index in [1.165, 1.54) is 31.4 Å². The van der Waals surface area contributed by atoms with Crippen molar-refractivity contribution < 1.29 is 17.9 Å². The summed E-state index contributed by atoms with van der Waals surface area (Å²) in [5.74, 6) is -0.704. The molecule has 0 spiro atoms. The molecular formula is C17H22N4O6S. The number of aromatic nitrogens is 3. The predicted molar refractivity (Wildman–Crippen MR) is 102 cm³/mol. The lowest BCUT2D eigenvalue weighted by atomic mass is 10.3. The molecule has 28 heavy (non-hydrogen) atoms. The number of rotatable bonds is 8. The lowest BCUT2D eigenvalue weighted by Crippen LogP contribution is -2.45. The average molecular weight is 410 g/mol. The number of nitrogens with zero attached hydrogens (tertiary/aromatic N) is 3. The van der Waals surface area contributed by atoms with Crippen LogP contribution < -0.4 is 16.6 Å². The summed E-state index contributed by atoms with van der Waals surface area (Å²) in [5, 5.41) is 6.48. The van der Waals surface area contributed by atoms with Crippen LogP contribution >= 0.6 is 0 Å². The first-order valence-corrected chi connectivity index (χ1v) is 10.4. The van der Waals surface area contributed by atoms with E-state index in [9.17, 15) is 22.8 Å². The summed E-state index contributed by atoms with van der Waals surface area (Å²) in [5.41, 5.74) is -1.71. The standard InChI is InChI=1S/C17H22N4O6S/c1-4-20-16(23)14(15(22)18-10-5-11-27-2)19-21(17(20)24)12-6-8-13(9-7-12)28(3,25)26/h6-9H,4-5,10-11H2,1-3H3,(H,18,22). The smallest absolute Gasteiger partial charge is 0.352 e. The molecule has 0 bridgehead atoms. The lowest BCUT2D eigenvalue weighted by molar-refractivity contribution is 0.0938. The maximum absolute atomic E-state index is 12.6. The van der Waals surface area contributed by atoms with Crippen LogP contribution in [0.2, 0.25) is 0 Å². The number of ether oxygens (including phenoxy) is 1. The summed E-state index contributed by atoms with van der Waals surface area (Å²) in [7, 11) is -1.87. The van der Waals surface area contributed by atoms with E-state index in [4.69, 9.17) is 4.74 Å². The Morgan fingerprint density at radius 2 is 1.86 bits per heavy atom. The first-order chi connectivity index (χ1) is 13.2. The van der Waals surface area contributed by atoms with Gasteiger partial charge in [0.25, 0.3) is 11.5 Å². The van der Waals surface area contributed by atoms with Gasteiger partial charge in [-0.1, -0.05) is 0 Å². The van der Waals surface area contributed by atoms with Crippen molar-refractivity contribution in [1.82, 2.24) is 19.7 Å². The van der Waals surface area contributed by atoms with Gasteiger partial charge in [0.05, 0.1) is 10.6 Å². The van der Waals surface area contributed by atoms with Gasteiger partial charge in [-0.05, 0) is 37.6 Å².